The van der Waals surface area contributed by atoms with Gasteiger partial charge in [-0.05, 0) is 31.2 Å². The predicted octanol–water partition coefficient (Wildman–Crippen LogP) is 2.41. The Kier molecular flexibility index (Phi) is 4.61. The summed E-state index contributed by atoms with van der Waals surface area (Å²) >= 11 is 1.36. The lowest BCUT2D eigenvalue weighted by Gasteiger charge is -2.22. The summed E-state index contributed by atoms with van der Waals surface area (Å²) in [5.41, 5.74) is 1.24. The van der Waals surface area contributed by atoms with Crippen LogP contribution in [0.1, 0.15) is 12.2 Å². The molecule has 1 aliphatic rings. The predicted molar refractivity (Wildman–Crippen MR) is 104 cm³/mol. The zero-order chi connectivity index (χ0) is 19.2. The third-order valence-corrected chi connectivity index (χ3v) is 7.50. The summed E-state index contributed by atoms with van der Waals surface area (Å²) in [6.07, 6.45) is 0.596. The van der Waals surface area contributed by atoms with Crippen LogP contribution in [0.5, 0.6) is 0 Å². The molecule has 3 heterocycles. The van der Waals surface area contributed by atoms with E-state index in [2.05, 4.69) is 9.97 Å². The lowest BCUT2D eigenvalue weighted by molar-refractivity contribution is 0.248. The zero-order valence-corrected chi connectivity index (χ0v) is 16.2. The van der Waals surface area contributed by atoms with E-state index in [1.54, 1.807) is 12.1 Å². The number of nitrogens with one attached hydrogen (secondary N) is 1. The second-order valence-corrected chi connectivity index (χ2v) is 9.91. The third-order valence-electron chi connectivity index (χ3n) is 4.88. The Morgan fingerprint density at radius 2 is 2.07 bits per heavy atom. The molecule has 1 N–H and O–H groups in total. The van der Waals surface area contributed by atoms with Crippen molar-refractivity contribution in [1.82, 2.24) is 14.9 Å². The van der Waals surface area contributed by atoms with Crippen LogP contribution in [0.4, 0.5) is 4.39 Å². The minimum atomic E-state index is -2.96. The van der Waals surface area contributed by atoms with Crippen molar-refractivity contribution in [2.24, 2.45) is 0 Å². The monoisotopic (exact) mass is 407 g/mol. The van der Waals surface area contributed by atoms with Crippen LogP contribution >= 0.6 is 11.3 Å². The maximum absolute atomic E-state index is 13.2. The van der Waals surface area contributed by atoms with E-state index in [1.807, 2.05) is 17.3 Å². The van der Waals surface area contributed by atoms with Gasteiger partial charge in [0, 0.05) is 17.0 Å². The van der Waals surface area contributed by atoms with Gasteiger partial charge in [-0.3, -0.25) is 9.69 Å². The molecule has 27 heavy (non-hydrogen) atoms. The Hall–Kier alpha value is -2.10. The molecule has 1 atom stereocenters. The molecule has 0 bridgehead atoms. The number of thiophene rings is 1. The molecule has 2 aromatic heterocycles. The van der Waals surface area contributed by atoms with Crippen molar-refractivity contribution in [2.45, 2.75) is 19.0 Å². The molecule has 0 aliphatic carbocycles. The summed E-state index contributed by atoms with van der Waals surface area (Å²) in [6, 6.07) is 5.93. The molecule has 9 heteroatoms. The number of halogens is 1. The van der Waals surface area contributed by atoms with Crippen molar-refractivity contribution in [2.75, 3.05) is 18.6 Å². The van der Waals surface area contributed by atoms with Crippen molar-refractivity contribution in [3.63, 3.8) is 0 Å². The van der Waals surface area contributed by atoms with Crippen molar-refractivity contribution in [1.29, 1.82) is 0 Å². The zero-order valence-electron chi connectivity index (χ0n) is 14.6. The first-order chi connectivity index (χ1) is 12.8. The molecule has 0 spiro atoms. The van der Waals surface area contributed by atoms with Gasteiger partial charge < -0.3 is 4.98 Å². The first kappa shape index (κ1) is 18.3. The summed E-state index contributed by atoms with van der Waals surface area (Å²) in [6.45, 7) is 0.370. The second kappa shape index (κ2) is 6.81. The fraction of sp³-hybridized carbons (Fsp3) is 0.333. The number of benzene rings is 1. The quantitative estimate of drug-likeness (QED) is 0.718. The Bertz CT molecular complexity index is 1150. The van der Waals surface area contributed by atoms with Gasteiger partial charge in [-0.1, -0.05) is 12.1 Å². The summed E-state index contributed by atoms with van der Waals surface area (Å²) in [4.78, 5) is 22.5. The highest BCUT2D eigenvalue weighted by Crippen LogP contribution is 2.31. The molecular weight excluding hydrogens is 389 g/mol. The lowest BCUT2D eigenvalue weighted by Crippen LogP contribution is -2.33. The van der Waals surface area contributed by atoms with Crippen LogP contribution in [0.15, 0.2) is 34.4 Å². The first-order valence-electron chi connectivity index (χ1n) is 8.49. The van der Waals surface area contributed by atoms with Gasteiger partial charge >= 0.3 is 0 Å². The Labute approximate surface area is 159 Å². The van der Waals surface area contributed by atoms with Gasteiger partial charge in [-0.15, -0.1) is 11.3 Å². The number of aromatic nitrogens is 2. The molecule has 142 valence electrons. The molecule has 0 amide bonds. The van der Waals surface area contributed by atoms with Crippen molar-refractivity contribution in [3.8, 4) is 11.1 Å². The van der Waals surface area contributed by atoms with Gasteiger partial charge in [0.2, 0.25) is 0 Å². The van der Waals surface area contributed by atoms with Crippen LogP contribution in [0.2, 0.25) is 0 Å². The van der Waals surface area contributed by atoms with E-state index >= 15 is 0 Å². The van der Waals surface area contributed by atoms with E-state index in [-0.39, 0.29) is 28.9 Å². The number of hydrogen-bond acceptors (Lipinski definition) is 6. The summed E-state index contributed by atoms with van der Waals surface area (Å²) in [5, 5.41) is 2.33. The topological polar surface area (TPSA) is 83.1 Å². The molecule has 6 nitrogen and oxygen atoms in total. The number of fused-ring (bicyclic) bond motifs is 1. The Balaban J connectivity index is 1.63. The van der Waals surface area contributed by atoms with Gasteiger partial charge in [0.1, 0.15) is 16.5 Å². The van der Waals surface area contributed by atoms with Gasteiger partial charge in [0.05, 0.1) is 23.4 Å². The molecule has 1 aliphatic heterocycles. The molecular formula is C18H18FN3O3S2. The number of hydrogen-bond donors (Lipinski definition) is 1. The standard InChI is InChI=1S/C18H18FN3O3S2/c1-22(13-6-7-27(24,25)10-13)8-15-20-17(23)16-14(9-26-18(16)21-15)11-2-4-12(19)5-3-11/h2-5,9,13H,6-8,10H2,1H3,(H,20,21,23)/t13-/m0/s1. The van der Waals surface area contributed by atoms with E-state index in [0.717, 1.165) is 11.1 Å². The number of aromatic amines is 1. The number of sulfone groups is 1. The fourth-order valence-electron chi connectivity index (χ4n) is 3.40. The molecule has 1 aromatic carbocycles. The summed E-state index contributed by atoms with van der Waals surface area (Å²) in [5.74, 6) is 0.525. The largest absolute Gasteiger partial charge is 0.309 e. The Morgan fingerprint density at radius 3 is 2.74 bits per heavy atom. The van der Waals surface area contributed by atoms with E-state index in [1.165, 1.54) is 23.5 Å². The van der Waals surface area contributed by atoms with E-state index in [4.69, 9.17) is 0 Å². The van der Waals surface area contributed by atoms with E-state index in [9.17, 15) is 17.6 Å². The van der Waals surface area contributed by atoms with Gasteiger partial charge in [0.15, 0.2) is 9.84 Å². The molecule has 4 rings (SSSR count). The van der Waals surface area contributed by atoms with Crippen LogP contribution in [0, 0.1) is 5.82 Å². The van der Waals surface area contributed by atoms with Crippen molar-refractivity contribution < 1.29 is 12.8 Å². The highest BCUT2D eigenvalue weighted by molar-refractivity contribution is 7.91. The Morgan fingerprint density at radius 1 is 1.33 bits per heavy atom. The van der Waals surface area contributed by atoms with Gasteiger partial charge in [-0.25, -0.2) is 17.8 Å². The molecule has 1 fully saturated rings. The van der Waals surface area contributed by atoms with Gasteiger partial charge in [-0.2, -0.15) is 0 Å². The summed E-state index contributed by atoms with van der Waals surface area (Å²) < 4.78 is 36.5. The highest BCUT2D eigenvalue weighted by atomic mass is 32.2. The number of rotatable bonds is 4. The third kappa shape index (κ3) is 3.67. The smallest absolute Gasteiger partial charge is 0.260 e. The normalized spacial score (nSPS) is 19.1. The fourth-order valence-corrected chi connectivity index (χ4v) is 6.17. The lowest BCUT2D eigenvalue weighted by atomic mass is 10.1. The van der Waals surface area contributed by atoms with Crippen LogP contribution in [-0.4, -0.2) is 47.9 Å². The first-order valence-corrected chi connectivity index (χ1v) is 11.2. The number of H-pyrrole nitrogens is 1. The molecule has 0 unspecified atom stereocenters. The summed E-state index contributed by atoms with van der Waals surface area (Å²) in [7, 11) is -1.12. The number of nitrogens with zero attached hydrogens (tertiary/aromatic N) is 2. The highest BCUT2D eigenvalue weighted by Gasteiger charge is 2.30. The average Bonchev–Trinajstić information content (AvgIpc) is 3.19. The molecule has 1 saturated heterocycles. The van der Waals surface area contributed by atoms with Crippen molar-refractivity contribution >= 4 is 31.4 Å². The molecule has 0 radical (unpaired) electrons. The van der Waals surface area contributed by atoms with E-state index in [0.29, 0.717) is 29.0 Å². The van der Waals surface area contributed by atoms with Crippen molar-refractivity contribution in [3.05, 3.63) is 51.6 Å². The molecule has 0 saturated carbocycles. The molecule has 3 aromatic rings. The maximum atomic E-state index is 13.2. The average molecular weight is 407 g/mol. The second-order valence-electron chi connectivity index (χ2n) is 6.82. The SMILES string of the molecule is CN(Cc1nc2scc(-c3ccc(F)cc3)c2c(=O)[nH]1)[C@H]1CCS(=O)(=O)C1. The van der Waals surface area contributed by atoms with Crippen LogP contribution in [0.3, 0.4) is 0 Å². The van der Waals surface area contributed by atoms with Crippen LogP contribution in [0.25, 0.3) is 21.3 Å². The minimum absolute atomic E-state index is 0.0610. The van der Waals surface area contributed by atoms with E-state index < -0.39 is 9.84 Å². The minimum Gasteiger partial charge on any atom is -0.309 e. The van der Waals surface area contributed by atoms with Crippen LogP contribution in [-0.2, 0) is 16.4 Å². The van der Waals surface area contributed by atoms with Crippen LogP contribution < -0.4 is 5.56 Å². The van der Waals surface area contributed by atoms with Gasteiger partial charge in [0.25, 0.3) is 5.56 Å². The maximum Gasteiger partial charge on any atom is 0.260 e.